The van der Waals surface area contributed by atoms with Crippen LogP contribution in [0.1, 0.15) is 17.7 Å². The Morgan fingerprint density at radius 1 is 1.21 bits per heavy atom. The summed E-state index contributed by atoms with van der Waals surface area (Å²) in [6, 6.07) is 9.63. The summed E-state index contributed by atoms with van der Waals surface area (Å²) in [7, 11) is -2.53. The van der Waals surface area contributed by atoms with Gasteiger partial charge in [0.2, 0.25) is 10.0 Å². The van der Waals surface area contributed by atoms with Crippen LogP contribution in [0.25, 0.3) is 0 Å². The van der Waals surface area contributed by atoms with E-state index in [1.807, 2.05) is 6.92 Å². The van der Waals surface area contributed by atoms with Crippen LogP contribution in [-0.4, -0.2) is 20.4 Å². The van der Waals surface area contributed by atoms with E-state index in [0.717, 1.165) is 11.6 Å². The van der Waals surface area contributed by atoms with Crippen molar-refractivity contribution >= 4 is 27.5 Å². The lowest BCUT2D eigenvalue weighted by atomic mass is 10.2. The van der Waals surface area contributed by atoms with Gasteiger partial charge in [0.1, 0.15) is 5.82 Å². The molecule has 0 amide bonds. The maximum absolute atomic E-state index is 13.0. The van der Waals surface area contributed by atoms with Crippen molar-refractivity contribution < 1.29 is 17.7 Å². The molecule has 1 atom stereocenters. The Kier molecular flexibility index (Phi) is 5.58. The van der Waals surface area contributed by atoms with Crippen molar-refractivity contribution in [2.75, 3.05) is 7.05 Å². The van der Waals surface area contributed by atoms with E-state index in [4.69, 9.17) is 0 Å². The predicted octanol–water partition coefficient (Wildman–Crippen LogP) is 3.50. The number of benzene rings is 2. The fourth-order valence-electron chi connectivity index (χ4n) is 2.02. The molecule has 0 aliphatic carbocycles. The van der Waals surface area contributed by atoms with Gasteiger partial charge in [0.05, 0.1) is 14.7 Å². The monoisotopic (exact) mass is 370 g/mol. The summed E-state index contributed by atoms with van der Waals surface area (Å²) in [6.07, 6.45) is 0. The third kappa shape index (κ3) is 4.11. The molecule has 0 saturated heterocycles. The number of hydrogen-bond acceptors (Lipinski definition) is 5. The number of sulfonamides is 1. The third-order valence-electron chi connectivity index (χ3n) is 3.35. The molecule has 0 fully saturated rings. The molecule has 0 aromatic heterocycles. The molecule has 1 N–H and O–H groups in total. The second-order valence-corrected chi connectivity index (χ2v) is 8.17. The molecule has 0 bridgehead atoms. The van der Waals surface area contributed by atoms with E-state index < -0.39 is 14.9 Å². The summed E-state index contributed by atoms with van der Waals surface area (Å²) in [4.78, 5) is 10.8. The Balaban J connectivity index is 2.36. The number of nitro benzene ring substituents is 1. The predicted molar refractivity (Wildman–Crippen MR) is 90.0 cm³/mol. The van der Waals surface area contributed by atoms with Gasteiger partial charge in [-0.25, -0.2) is 17.5 Å². The number of thioether (sulfide) groups is 1. The second kappa shape index (κ2) is 7.29. The molecular formula is C15H15FN2O4S2. The largest absolute Gasteiger partial charge is 0.284 e. The van der Waals surface area contributed by atoms with Crippen LogP contribution in [0, 0.1) is 15.9 Å². The lowest BCUT2D eigenvalue weighted by molar-refractivity contribution is -0.388. The average molecular weight is 370 g/mol. The van der Waals surface area contributed by atoms with Crippen LogP contribution in [0.3, 0.4) is 0 Å². The fraction of sp³-hybridized carbons (Fsp3) is 0.200. The summed E-state index contributed by atoms with van der Waals surface area (Å²) in [5.41, 5.74) is 0.521. The molecule has 0 heterocycles. The van der Waals surface area contributed by atoms with Crippen LogP contribution in [0.5, 0.6) is 0 Å². The summed E-state index contributed by atoms with van der Waals surface area (Å²) < 4.78 is 38.7. The minimum absolute atomic E-state index is 0.170. The molecule has 6 nitrogen and oxygen atoms in total. The Hall–Kier alpha value is -1.97. The summed E-state index contributed by atoms with van der Waals surface area (Å²) in [5.74, 6) is -0.358. The van der Waals surface area contributed by atoms with E-state index in [9.17, 15) is 22.9 Å². The Labute approximate surface area is 143 Å². The van der Waals surface area contributed by atoms with Gasteiger partial charge in [0, 0.05) is 11.3 Å². The molecule has 0 aliphatic rings. The highest BCUT2D eigenvalue weighted by atomic mass is 32.2. The fourth-order valence-corrected chi connectivity index (χ4v) is 3.84. The van der Waals surface area contributed by atoms with Crippen molar-refractivity contribution in [3.05, 3.63) is 64.0 Å². The van der Waals surface area contributed by atoms with E-state index in [2.05, 4.69) is 4.72 Å². The first-order chi connectivity index (χ1) is 11.2. The highest BCUT2D eigenvalue weighted by Gasteiger charge is 2.22. The highest BCUT2D eigenvalue weighted by Crippen LogP contribution is 2.40. The van der Waals surface area contributed by atoms with Crippen LogP contribution in [0.2, 0.25) is 0 Å². The third-order valence-corrected chi connectivity index (χ3v) is 5.99. The van der Waals surface area contributed by atoms with Crippen molar-refractivity contribution in [3.63, 3.8) is 0 Å². The Morgan fingerprint density at radius 3 is 2.38 bits per heavy atom. The zero-order chi connectivity index (χ0) is 17.9. The number of nitrogens with zero attached hydrogens (tertiary/aromatic N) is 1. The number of halogens is 1. The summed E-state index contributed by atoms with van der Waals surface area (Å²) in [6.45, 7) is 1.83. The molecule has 0 spiro atoms. The van der Waals surface area contributed by atoms with Crippen LogP contribution >= 0.6 is 11.8 Å². The zero-order valence-corrected chi connectivity index (χ0v) is 14.5. The van der Waals surface area contributed by atoms with E-state index in [1.165, 1.54) is 43.1 Å². The molecule has 24 heavy (non-hydrogen) atoms. The molecule has 0 aliphatic heterocycles. The molecule has 0 radical (unpaired) electrons. The maximum atomic E-state index is 13.0. The number of rotatable bonds is 6. The molecule has 2 aromatic carbocycles. The van der Waals surface area contributed by atoms with Gasteiger partial charge >= 0.3 is 0 Å². The average Bonchev–Trinajstić information content (AvgIpc) is 2.55. The van der Waals surface area contributed by atoms with Crippen LogP contribution < -0.4 is 4.72 Å². The van der Waals surface area contributed by atoms with Crippen molar-refractivity contribution in [2.24, 2.45) is 0 Å². The quantitative estimate of drug-likeness (QED) is 0.478. The SMILES string of the molecule is CNS(=O)(=O)c1ccc(SC(C)c2ccc(F)cc2)c([N+](=O)[O-])c1. The van der Waals surface area contributed by atoms with E-state index >= 15 is 0 Å². The molecule has 1 unspecified atom stereocenters. The van der Waals surface area contributed by atoms with Gasteiger partial charge < -0.3 is 0 Å². The van der Waals surface area contributed by atoms with Crippen molar-refractivity contribution in [2.45, 2.75) is 22.0 Å². The number of nitro groups is 1. The normalized spacial score (nSPS) is 12.8. The highest BCUT2D eigenvalue weighted by molar-refractivity contribution is 7.99. The first-order valence-electron chi connectivity index (χ1n) is 6.88. The minimum atomic E-state index is -3.76. The molecular weight excluding hydrogens is 355 g/mol. The summed E-state index contributed by atoms with van der Waals surface area (Å²) in [5, 5.41) is 11.1. The second-order valence-electron chi connectivity index (χ2n) is 4.91. The van der Waals surface area contributed by atoms with Gasteiger partial charge in [-0.15, -0.1) is 11.8 Å². The van der Waals surface area contributed by atoms with Gasteiger partial charge in [0.15, 0.2) is 0 Å². The van der Waals surface area contributed by atoms with Gasteiger partial charge in [0.25, 0.3) is 5.69 Å². The molecule has 9 heteroatoms. The Bertz CT molecular complexity index is 854. The number of hydrogen-bond donors (Lipinski definition) is 1. The van der Waals surface area contributed by atoms with Gasteiger partial charge in [-0.3, -0.25) is 10.1 Å². The minimum Gasteiger partial charge on any atom is -0.258 e. The van der Waals surface area contributed by atoms with E-state index in [-0.39, 0.29) is 21.7 Å². The smallest absolute Gasteiger partial charge is 0.258 e. The Morgan fingerprint density at radius 2 is 1.83 bits per heavy atom. The lowest BCUT2D eigenvalue weighted by Crippen LogP contribution is -2.18. The van der Waals surface area contributed by atoms with Crippen molar-refractivity contribution in [1.29, 1.82) is 0 Å². The molecule has 128 valence electrons. The standard InChI is InChI=1S/C15H15FN2O4S2/c1-10(11-3-5-12(16)6-4-11)23-15-8-7-13(24(21,22)17-2)9-14(15)18(19)20/h3-10,17H,1-2H3. The van der Waals surface area contributed by atoms with Crippen LogP contribution in [0.15, 0.2) is 52.3 Å². The topological polar surface area (TPSA) is 89.3 Å². The molecule has 2 rings (SSSR count). The number of nitrogens with one attached hydrogen (secondary N) is 1. The van der Waals surface area contributed by atoms with Crippen molar-refractivity contribution in [3.8, 4) is 0 Å². The first-order valence-corrected chi connectivity index (χ1v) is 9.25. The van der Waals surface area contributed by atoms with Gasteiger partial charge in [-0.2, -0.15) is 0 Å². The maximum Gasteiger partial charge on any atom is 0.284 e. The lowest BCUT2D eigenvalue weighted by Gasteiger charge is -2.12. The zero-order valence-electron chi connectivity index (χ0n) is 12.9. The van der Waals surface area contributed by atoms with Crippen LogP contribution in [0.4, 0.5) is 10.1 Å². The summed E-state index contributed by atoms with van der Waals surface area (Å²) >= 11 is 1.21. The van der Waals surface area contributed by atoms with Gasteiger partial charge in [-0.1, -0.05) is 12.1 Å². The first kappa shape index (κ1) is 18.4. The van der Waals surface area contributed by atoms with Crippen molar-refractivity contribution in [1.82, 2.24) is 4.72 Å². The van der Waals surface area contributed by atoms with E-state index in [0.29, 0.717) is 4.90 Å². The molecule has 2 aromatic rings. The van der Waals surface area contributed by atoms with Crippen LogP contribution in [-0.2, 0) is 10.0 Å². The van der Waals surface area contributed by atoms with Gasteiger partial charge in [-0.05, 0) is 43.8 Å². The van der Waals surface area contributed by atoms with E-state index in [1.54, 1.807) is 12.1 Å². The molecule has 0 saturated carbocycles.